The normalized spacial score (nSPS) is 10.5. The summed E-state index contributed by atoms with van der Waals surface area (Å²) >= 11 is 0. The fraction of sp³-hybridized carbons (Fsp3) is 0.500. The molecule has 0 saturated heterocycles. The molecule has 2 heteroatoms. The minimum absolute atomic E-state index is 0.234. The van der Waals surface area contributed by atoms with Gasteiger partial charge in [-0.15, -0.1) is 0 Å². The van der Waals surface area contributed by atoms with Gasteiger partial charge in [-0.3, -0.25) is 4.79 Å². The Hall–Kier alpha value is -1.31. The maximum absolute atomic E-state index is 11.6. The van der Waals surface area contributed by atoms with Crippen molar-refractivity contribution in [1.82, 2.24) is 0 Å². The molecule has 2 nitrogen and oxygen atoms in total. The number of rotatable bonds is 6. The van der Waals surface area contributed by atoms with Gasteiger partial charge in [-0.2, -0.15) is 0 Å². The number of hydrogen-bond donors (Lipinski definition) is 1. The summed E-state index contributed by atoms with van der Waals surface area (Å²) in [5.74, 6) is 0.860. The molecule has 0 saturated carbocycles. The molecule has 0 heterocycles. The van der Waals surface area contributed by atoms with E-state index in [1.165, 1.54) is 0 Å². The van der Waals surface area contributed by atoms with E-state index in [9.17, 15) is 4.79 Å². The van der Waals surface area contributed by atoms with E-state index in [2.05, 4.69) is 19.2 Å². The Bertz CT molecular complexity index is 327. The zero-order chi connectivity index (χ0) is 12.0. The van der Waals surface area contributed by atoms with Gasteiger partial charge in [0.2, 0.25) is 0 Å². The SMILES string of the molecule is CCCC(=O)c1ccc(NCC(C)C)cc1. The van der Waals surface area contributed by atoms with Crippen LogP contribution in [0.1, 0.15) is 44.0 Å². The predicted octanol–water partition coefficient (Wildman–Crippen LogP) is 3.74. The van der Waals surface area contributed by atoms with Crippen molar-refractivity contribution in [2.45, 2.75) is 33.6 Å². The molecule has 1 N–H and O–H groups in total. The Labute approximate surface area is 98.1 Å². The fourth-order valence-corrected chi connectivity index (χ4v) is 1.47. The van der Waals surface area contributed by atoms with Crippen LogP contribution in [0.4, 0.5) is 5.69 Å². The standard InChI is InChI=1S/C14H21NO/c1-4-5-14(16)12-6-8-13(9-7-12)15-10-11(2)3/h6-9,11,15H,4-5,10H2,1-3H3. The second-order valence-electron chi connectivity index (χ2n) is 4.53. The number of nitrogens with one attached hydrogen (secondary N) is 1. The van der Waals surface area contributed by atoms with Gasteiger partial charge in [0.05, 0.1) is 0 Å². The summed E-state index contributed by atoms with van der Waals surface area (Å²) in [5.41, 5.74) is 1.90. The number of carbonyl (C=O) groups excluding carboxylic acids is 1. The van der Waals surface area contributed by atoms with E-state index < -0.39 is 0 Å². The summed E-state index contributed by atoms with van der Waals surface area (Å²) in [5, 5.41) is 3.33. The first-order valence-electron chi connectivity index (χ1n) is 6.00. The molecule has 16 heavy (non-hydrogen) atoms. The zero-order valence-corrected chi connectivity index (χ0v) is 10.4. The molecule has 0 radical (unpaired) electrons. The summed E-state index contributed by atoms with van der Waals surface area (Å²) in [6, 6.07) is 7.76. The van der Waals surface area contributed by atoms with Crippen LogP contribution in [0.3, 0.4) is 0 Å². The summed E-state index contributed by atoms with van der Waals surface area (Å²) in [7, 11) is 0. The first-order chi connectivity index (χ1) is 7.63. The van der Waals surface area contributed by atoms with E-state index in [1.807, 2.05) is 31.2 Å². The number of anilines is 1. The highest BCUT2D eigenvalue weighted by Crippen LogP contribution is 2.12. The van der Waals surface area contributed by atoms with Crippen molar-refractivity contribution < 1.29 is 4.79 Å². The highest BCUT2D eigenvalue weighted by Gasteiger charge is 2.03. The summed E-state index contributed by atoms with van der Waals surface area (Å²) in [4.78, 5) is 11.6. The number of benzene rings is 1. The lowest BCUT2D eigenvalue weighted by Gasteiger charge is -2.09. The zero-order valence-electron chi connectivity index (χ0n) is 10.4. The number of carbonyl (C=O) groups is 1. The van der Waals surface area contributed by atoms with E-state index >= 15 is 0 Å². The molecule has 1 aromatic carbocycles. The first kappa shape index (κ1) is 12.8. The summed E-state index contributed by atoms with van der Waals surface area (Å²) < 4.78 is 0. The molecule has 1 aromatic rings. The van der Waals surface area contributed by atoms with Crippen LogP contribution in [0.2, 0.25) is 0 Å². The molecule has 0 spiro atoms. The van der Waals surface area contributed by atoms with E-state index in [1.54, 1.807) is 0 Å². The summed E-state index contributed by atoms with van der Waals surface area (Å²) in [6.07, 6.45) is 1.55. The molecule has 0 bridgehead atoms. The summed E-state index contributed by atoms with van der Waals surface area (Å²) in [6.45, 7) is 7.33. The molecule has 0 fully saturated rings. The monoisotopic (exact) mass is 219 g/mol. The largest absolute Gasteiger partial charge is 0.385 e. The third-order valence-corrected chi connectivity index (χ3v) is 2.40. The molecule has 1 rings (SSSR count). The van der Waals surface area contributed by atoms with E-state index in [-0.39, 0.29) is 5.78 Å². The van der Waals surface area contributed by atoms with Crippen LogP contribution >= 0.6 is 0 Å². The van der Waals surface area contributed by atoms with Crippen LogP contribution in [0.25, 0.3) is 0 Å². The van der Waals surface area contributed by atoms with Crippen molar-refractivity contribution in [2.75, 3.05) is 11.9 Å². The van der Waals surface area contributed by atoms with E-state index in [4.69, 9.17) is 0 Å². The minimum Gasteiger partial charge on any atom is -0.385 e. The van der Waals surface area contributed by atoms with Crippen molar-refractivity contribution in [3.05, 3.63) is 29.8 Å². The predicted molar refractivity (Wildman–Crippen MR) is 69.0 cm³/mol. The molecule has 0 aromatic heterocycles. The molecule has 0 aliphatic heterocycles. The lowest BCUT2D eigenvalue weighted by Crippen LogP contribution is -2.08. The molecule has 0 atom stereocenters. The van der Waals surface area contributed by atoms with Crippen LogP contribution in [-0.4, -0.2) is 12.3 Å². The van der Waals surface area contributed by atoms with Gasteiger partial charge in [0.1, 0.15) is 0 Å². The van der Waals surface area contributed by atoms with Gasteiger partial charge in [0.15, 0.2) is 5.78 Å². The van der Waals surface area contributed by atoms with Crippen LogP contribution in [0.5, 0.6) is 0 Å². The van der Waals surface area contributed by atoms with Crippen molar-refractivity contribution in [2.24, 2.45) is 5.92 Å². The average Bonchev–Trinajstić information content (AvgIpc) is 2.27. The molecular weight excluding hydrogens is 198 g/mol. The van der Waals surface area contributed by atoms with Gasteiger partial charge in [-0.1, -0.05) is 20.8 Å². The van der Waals surface area contributed by atoms with Crippen LogP contribution in [0.15, 0.2) is 24.3 Å². The number of ketones is 1. The van der Waals surface area contributed by atoms with Crippen molar-refractivity contribution in [3.8, 4) is 0 Å². The highest BCUT2D eigenvalue weighted by molar-refractivity contribution is 5.96. The Morgan fingerprint density at radius 2 is 1.88 bits per heavy atom. The van der Waals surface area contributed by atoms with Crippen molar-refractivity contribution in [3.63, 3.8) is 0 Å². The maximum atomic E-state index is 11.6. The quantitative estimate of drug-likeness (QED) is 0.738. The van der Waals surface area contributed by atoms with E-state index in [0.717, 1.165) is 24.2 Å². The van der Waals surface area contributed by atoms with Crippen LogP contribution in [0, 0.1) is 5.92 Å². The van der Waals surface area contributed by atoms with Gasteiger partial charge >= 0.3 is 0 Å². The lowest BCUT2D eigenvalue weighted by atomic mass is 10.1. The Morgan fingerprint density at radius 3 is 2.38 bits per heavy atom. The topological polar surface area (TPSA) is 29.1 Å². The second kappa shape index (κ2) is 6.31. The van der Waals surface area contributed by atoms with Gasteiger partial charge in [0, 0.05) is 24.2 Å². The maximum Gasteiger partial charge on any atom is 0.162 e. The van der Waals surface area contributed by atoms with Crippen molar-refractivity contribution in [1.29, 1.82) is 0 Å². The molecule has 0 amide bonds. The fourth-order valence-electron chi connectivity index (χ4n) is 1.47. The third kappa shape index (κ3) is 4.05. The van der Waals surface area contributed by atoms with Gasteiger partial charge < -0.3 is 5.32 Å². The molecule has 88 valence electrons. The lowest BCUT2D eigenvalue weighted by molar-refractivity contribution is 0.0982. The molecule has 0 aliphatic carbocycles. The van der Waals surface area contributed by atoms with Gasteiger partial charge in [-0.05, 0) is 36.6 Å². The Kier molecular flexibility index (Phi) is 5.03. The average molecular weight is 219 g/mol. The number of hydrogen-bond acceptors (Lipinski definition) is 2. The molecular formula is C14H21NO. The smallest absolute Gasteiger partial charge is 0.162 e. The Balaban J connectivity index is 2.57. The highest BCUT2D eigenvalue weighted by atomic mass is 16.1. The minimum atomic E-state index is 0.234. The third-order valence-electron chi connectivity index (χ3n) is 2.40. The van der Waals surface area contributed by atoms with Crippen LogP contribution in [-0.2, 0) is 0 Å². The first-order valence-corrected chi connectivity index (χ1v) is 6.00. The second-order valence-corrected chi connectivity index (χ2v) is 4.53. The Morgan fingerprint density at radius 1 is 1.25 bits per heavy atom. The number of Topliss-reactive ketones (excluding diaryl/α,β-unsaturated/α-hetero) is 1. The molecule has 0 aliphatic rings. The van der Waals surface area contributed by atoms with Gasteiger partial charge in [-0.25, -0.2) is 0 Å². The van der Waals surface area contributed by atoms with Crippen LogP contribution < -0.4 is 5.32 Å². The van der Waals surface area contributed by atoms with Crippen molar-refractivity contribution >= 4 is 11.5 Å². The van der Waals surface area contributed by atoms with E-state index in [0.29, 0.717) is 12.3 Å². The molecule has 0 unspecified atom stereocenters. The van der Waals surface area contributed by atoms with Gasteiger partial charge in [0.25, 0.3) is 0 Å².